The fourth-order valence-corrected chi connectivity index (χ4v) is 4.15. The van der Waals surface area contributed by atoms with Gasteiger partial charge >= 0.3 is 0 Å². The minimum Gasteiger partial charge on any atom is -0.494 e. The molecule has 0 fully saturated rings. The molecule has 0 aliphatic carbocycles. The fourth-order valence-electron chi connectivity index (χ4n) is 4.15. The first-order chi connectivity index (χ1) is 16.5. The molecule has 1 unspecified atom stereocenters. The monoisotopic (exact) mass is 453 g/mol. The summed E-state index contributed by atoms with van der Waals surface area (Å²) in [7, 11) is 0. The summed E-state index contributed by atoms with van der Waals surface area (Å²) in [6.45, 7) is 7.48. The zero-order valence-electron chi connectivity index (χ0n) is 20.0. The summed E-state index contributed by atoms with van der Waals surface area (Å²) < 4.78 is 8.19. The number of para-hydroxylation sites is 2. The van der Waals surface area contributed by atoms with Gasteiger partial charge in [0.25, 0.3) is 0 Å². The second-order valence-electron chi connectivity index (χ2n) is 8.61. The fraction of sp³-hybridized carbons (Fsp3) is 0.241. The Morgan fingerprint density at radius 2 is 1.74 bits per heavy atom. The molecule has 0 spiro atoms. The van der Waals surface area contributed by atoms with Crippen molar-refractivity contribution in [3.63, 3.8) is 0 Å². The van der Waals surface area contributed by atoms with Crippen molar-refractivity contribution >= 4 is 23.0 Å². The maximum atomic E-state index is 12.5. The summed E-state index contributed by atoms with van der Waals surface area (Å²) >= 11 is 0. The molecule has 0 aliphatic heterocycles. The van der Waals surface area contributed by atoms with E-state index in [9.17, 15) is 4.79 Å². The van der Waals surface area contributed by atoms with Gasteiger partial charge in [-0.25, -0.2) is 4.98 Å². The molecule has 34 heavy (non-hydrogen) atoms. The Hall–Kier alpha value is -3.86. The molecular weight excluding hydrogens is 422 g/mol. The minimum atomic E-state index is -0.235. The van der Waals surface area contributed by atoms with Crippen LogP contribution in [0.15, 0.2) is 78.9 Å². The lowest BCUT2D eigenvalue weighted by Gasteiger charge is -2.16. The van der Waals surface area contributed by atoms with Crippen LogP contribution < -0.4 is 10.1 Å². The van der Waals surface area contributed by atoms with E-state index >= 15 is 0 Å². The van der Waals surface area contributed by atoms with Gasteiger partial charge in [-0.3, -0.25) is 4.79 Å². The van der Waals surface area contributed by atoms with E-state index in [0.29, 0.717) is 6.61 Å². The summed E-state index contributed by atoms with van der Waals surface area (Å²) in [5, 5.41) is 3.06. The topological polar surface area (TPSA) is 56.1 Å². The Bertz CT molecular complexity index is 1270. The van der Waals surface area contributed by atoms with E-state index in [2.05, 4.69) is 48.0 Å². The number of hydrogen-bond donors (Lipinski definition) is 1. The van der Waals surface area contributed by atoms with Crippen LogP contribution in [0.1, 0.15) is 41.9 Å². The van der Waals surface area contributed by atoms with Gasteiger partial charge < -0.3 is 14.6 Å². The van der Waals surface area contributed by atoms with Gasteiger partial charge in [-0.15, -0.1) is 0 Å². The van der Waals surface area contributed by atoms with Crippen molar-refractivity contribution in [3.8, 4) is 5.75 Å². The van der Waals surface area contributed by atoms with Gasteiger partial charge in [-0.05, 0) is 74.2 Å². The minimum absolute atomic E-state index is 0.145. The molecule has 4 rings (SSSR count). The number of fused-ring (bicyclic) bond motifs is 1. The maximum absolute atomic E-state index is 12.5. The molecule has 0 radical (unpaired) electrons. The summed E-state index contributed by atoms with van der Waals surface area (Å²) in [6.07, 6.45) is 4.21. The average Bonchev–Trinajstić information content (AvgIpc) is 3.19. The first kappa shape index (κ1) is 23.3. The van der Waals surface area contributed by atoms with Gasteiger partial charge in [0.2, 0.25) is 5.91 Å². The highest BCUT2D eigenvalue weighted by atomic mass is 16.5. The quantitative estimate of drug-likeness (QED) is 0.249. The van der Waals surface area contributed by atoms with Crippen LogP contribution in [0, 0.1) is 13.8 Å². The summed E-state index contributed by atoms with van der Waals surface area (Å²) in [5.41, 5.74) is 5.37. The molecule has 4 aromatic rings. The Morgan fingerprint density at radius 3 is 2.50 bits per heavy atom. The molecule has 0 saturated carbocycles. The molecule has 1 amide bonds. The number of rotatable bonds is 9. The highest BCUT2D eigenvalue weighted by molar-refractivity contribution is 5.92. The maximum Gasteiger partial charge on any atom is 0.244 e. The van der Waals surface area contributed by atoms with E-state index in [-0.39, 0.29) is 11.9 Å². The smallest absolute Gasteiger partial charge is 0.244 e. The molecule has 5 heteroatoms. The van der Waals surface area contributed by atoms with E-state index in [0.717, 1.165) is 41.1 Å². The standard InChI is InChI=1S/C29H31N3O2/c1-21-18-22(2)20-25(19-21)34-17-9-16-32-27-13-8-7-12-26(27)31-29(32)23(3)30-28(33)15-14-24-10-5-4-6-11-24/h4-8,10-15,18-20,23H,9,16-17H2,1-3H3,(H,30,33)/b15-14-. The van der Waals surface area contributed by atoms with Crippen LogP contribution >= 0.6 is 0 Å². The third-order valence-electron chi connectivity index (χ3n) is 5.65. The second-order valence-corrected chi connectivity index (χ2v) is 8.61. The van der Waals surface area contributed by atoms with Gasteiger partial charge in [-0.1, -0.05) is 48.5 Å². The summed E-state index contributed by atoms with van der Waals surface area (Å²) in [6, 6.07) is 23.9. The van der Waals surface area contributed by atoms with E-state index in [4.69, 9.17) is 9.72 Å². The number of carbonyl (C=O) groups excluding carboxylic acids is 1. The number of hydrogen-bond acceptors (Lipinski definition) is 3. The number of aromatic nitrogens is 2. The Labute approximate surface area is 201 Å². The van der Waals surface area contributed by atoms with Crippen molar-refractivity contribution < 1.29 is 9.53 Å². The predicted molar refractivity (Wildman–Crippen MR) is 138 cm³/mol. The Kier molecular flexibility index (Phi) is 7.43. The number of carbonyl (C=O) groups is 1. The molecule has 1 N–H and O–H groups in total. The van der Waals surface area contributed by atoms with Crippen molar-refractivity contribution in [2.24, 2.45) is 0 Å². The molecule has 5 nitrogen and oxygen atoms in total. The lowest BCUT2D eigenvalue weighted by atomic mass is 10.1. The largest absolute Gasteiger partial charge is 0.494 e. The highest BCUT2D eigenvalue weighted by Crippen LogP contribution is 2.22. The number of nitrogens with zero attached hydrogens (tertiary/aromatic N) is 2. The molecule has 0 saturated heterocycles. The Morgan fingerprint density at radius 1 is 1.03 bits per heavy atom. The van der Waals surface area contributed by atoms with Crippen LogP contribution in [0.3, 0.4) is 0 Å². The number of ether oxygens (including phenoxy) is 1. The average molecular weight is 454 g/mol. The molecule has 174 valence electrons. The molecule has 1 heterocycles. The first-order valence-electron chi connectivity index (χ1n) is 11.7. The number of nitrogens with one attached hydrogen (secondary N) is 1. The van der Waals surface area contributed by atoms with Crippen LogP contribution in [0.5, 0.6) is 5.75 Å². The lowest BCUT2D eigenvalue weighted by molar-refractivity contribution is -0.117. The molecule has 0 bridgehead atoms. The number of amides is 1. The predicted octanol–water partition coefficient (Wildman–Crippen LogP) is 6.01. The Balaban J connectivity index is 1.43. The van der Waals surface area contributed by atoms with E-state index in [1.165, 1.54) is 11.1 Å². The highest BCUT2D eigenvalue weighted by Gasteiger charge is 2.17. The van der Waals surface area contributed by atoms with Crippen LogP contribution in [0.25, 0.3) is 17.1 Å². The zero-order valence-corrected chi connectivity index (χ0v) is 20.0. The summed E-state index contributed by atoms with van der Waals surface area (Å²) in [4.78, 5) is 17.4. The molecule has 3 aromatic carbocycles. The summed E-state index contributed by atoms with van der Waals surface area (Å²) in [5.74, 6) is 1.60. The van der Waals surface area contributed by atoms with Crippen molar-refractivity contribution in [3.05, 3.63) is 101 Å². The van der Waals surface area contributed by atoms with E-state index in [1.807, 2.05) is 61.5 Å². The van der Waals surface area contributed by atoms with Gasteiger partial charge in [0.05, 0.1) is 23.7 Å². The number of aryl methyl sites for hydroxylation is 3. The van der Waals surface area contributed by atoms with Crippen LogP contribution in [0.4, 0.5) is 0 Å². The molecular formula is C29H31N3O2. The van der Waals surface area contributed by atoms with Crippen molar-refractivity contribution in [2.45, 2.75) is 39.8 Å². The van der Waals surface area contributed by atoms with E-state index < -0.39 is 0 Å². The number of benzene rings is 3. The van der Waals surface area contributed by atoms with Gasteiger partial charge in [-0.2, -0.15) is 0 Å². The third kappa shape index (κ3) is 5.93. The molecule has 1 aromatic heterocycles. The van der Waals surface area contributed by atoms with Crippen LogP contribution in [-0.4, -0.2) is 22.1 Å². The second kappa shape index (κ2) is 10.8. The zero-order chi connectivity index (χ0) is 23.9. The van der Waals surface area contributed by atoms with E-state index in [1.54, 1.807) is 6.08 Å². The third-order valence-corrected chi connectivity index (χ3v) is 5.65. The lowest BCUT2D eigenvalue weighted by Crippen LogP contribution is -2.27. The number of imidazole rings is 1. The van der Waals surface area contributed by atoms with Crippen molar-refractivity contribution in [1.82, 2.24) is 14.9 Å². The van der Waals surface area contributed by atoms with Crippen molar-refractivity contribution in [1.29, 1.82) is 0 Å². The van der Waals surface area contributed by atoms with Crippen LogP contribution in [-0.2, 0) is 11.3 Å². The first-order valence-corrected chi connectivity index (χ1v) is 11.7. The van der Waals surface area contributed by atoms with Gasteiger partial charge in [0, 0.05) is 12.6 Å². The van der Waals surface area contributed by atoms with Crippen molar-refractivity contribution in [2.75, 3.05) is 6.61 Å². The molecule has 0 aliphatic rings. The van der Waals surface area contributed by atoms with Gasteiger partial charge in [0.1, 0.15) is 11.6 Å². The van der Waals surface area contributed by atoms with Crippen LogP contribution in [0.2, 0.25) is 0 Å². The van der Waals surface area contributed by atoms with Gasteiger partial charge in [0.15, 0.2) is 0 Å². The normalized spacial score (nSPS) is 12.2. The molecule has 1 atom stereocenters. The SMILES string of the molecule is Cc1cc(C)cc(OCCCn2c(C(C)NC(=O)/C=C\c3ccccc3)nc3ccccc32)c1.